The lowest BCUT2D eigenvalue weighted by atomic mass is 10.0. The number of rotatable bonds is 6. The maximum absolute atomic E-state index is 13.6. The van der Waals surface area contributed by atoms with Crippen LogP contribution in [0, 0.1) is 11.6 Å². The van der Waals surface area contributed by atoms with E-state index in [1.165, 1.54) is 20.2 Å². The van der Waals surface area contributed by atoms with Crippen molar-refractivity contribution in [3.63, 3.8) is 0 Å². The zero-order valence-corrected chi connectivity index (χ0v) is 13.2. The second-order valence-electron chi connectivity index (χ2n) is 4.70. The molecule has 2 rings (SSSR count). The quantitative estimate of drug-likeness (QED) is 0.653. The number of halogens is 2. The van der Waals surface area contributed by atoms with Crippen LogP contribution < -0.4 is 10.1 Å². The zero-order valence-electron chi connectivity index (χ0n) is 13.2. The van der Waals surface area contributed by atoms with E-state index in [0.29, 0.717) is 11.1 Å². The maximum Gasteiger partial charge on any atom is 0.273 e. The third-order valence-corrected chi connectivity index (χ3v) is 3.19. The Labute approximate surface area is 137 Å². The van der Waals surface area contributed by atoms with Crippen LogP contribution in [0.5, 0.6) is 5.75 Å². The maximum atomic E-state index is 13.6. The van der Waals surface area contributed by atoms with Gasteiger partial charge in [0.2, 0.25) is 0 Å². The second kappa shape index (κ2) is 8.05. The highest BCUT2D eigenvalue weighted by molar-refractivity contribution is 6.45. The molecule has 1 N–H and O–H groups in total. The molecule has 2 aromatic rings. The van der Waals surface area contributed by atoms with Gasteiger partial charge in [-0.25, -0.2) is 8.78 Å². The van der Waals surface area contributed by atoms with Gasteiger partial charge < -0.3 is 14.9 Å². The van der Waals surface area contributed by atoms with Crippen LogP contribution in [0.1, 0.15) is 11.1 Å². The second-order valence-corrected chi connectivity index (χ2v) is 4.70. The fraction of sp³-hybridized carbons (Fsp3) is 0.176. The van der Waals surface area contributed by atoms with Crippen molar-refractivity contribution in [1.82, 2.24) is 5.32 Å². The lowest BCUT2D eigenvalue weighted by Gasteiger charge is -2.12. The normalized spacial score (nSPS) is 11.1. The van der Waals surface area contributed by atoms with E-state index in [2.05, 4.69) is 10.5 Å². The average Bonchev–Trinajstić information content (AvgIpc) is 2.59. The van der Waals surface area contributed by atoms with Gasteiger partial charge in [-0.2, -0.15) is 0 Å². The molecule has 7 heteroatoms. The summed E-state index contributed by atoms with van der Waals surface area (Å²) in [6.45, 7) is -0.145. The molecule has 0 unspecified atom stereocenters. The summed E-state index contributed by atoms with van der Waals surface area (Å²) >= 11 is 0. The minimum absolute atomic E-state index is 0.0354. The molecule has 126 valence electrons. The highest BCUT2D eigenvalue weighted by atomic mass is 19.1. The van der Waals surface area contributed by atoms with Crippen molar-refractivity contribution in [1.29, 1.82) is 0 Å². The molecule has 0 aliphatic rings. The molecule has 24 heavy (non-hydrogen) atoms. The molecule has 0 radical (unpaired) electrons. The number of ether oxygens (including phenoxy) is 1. The summed E-state index contributed by atoms with van der Waals surface area (Å²) in [4.78, 5) is 16.7. The van der Waals surface area contributed by atoms with E-state index in [9.17, 15) is 13.6 Å². The molecule has 0 bridgehead atoms. The molecule has 0 saturated carbocycles. The Morgan fingerprint density at radius 2 is 1.79 bits per heavy atom. The van der Waals surface area contributed by atoms with Crippen LogP contribution in [0.4, 0.5) is 8.78 Å². The minimum atomic E-state index is -0.801. The molecule has 0 aliphatic heterocycles. The van der Waals surface area contributed by atoms with Gasteiger partial charge in [0.25, 0.3) is 5.91 Å². The molecule has 0 fully saturated rings. The highest BCUT2D eigenvalue weighted by Crippen LogP contribution is 2.23. The van der Waals surface area contributed by atoms with Crippen molar-refractivity contribution in [2.75, 3.05) is 14.2 Å². The van der Waals surface area contributed by atoms with E-state index >= 15 is 0 Å². The van der Waals surface area contributed by atoms with E-state index in [-0.39, 0.29) is 12.3 Å². The van der Waals surface area contributed by atoms with Crippen molar-refractivity contribution in [3.8, 4) is 5.75 Å². The fourth-order valence-electron chi connectivity index (χ4n) is 2.07. The van der Waals surface area contributed by atoms with Crippen molar-refractivity contribution in [2.45, 2.75) is 6.61 Å². The van der Waals surface area contributed by atoms with Crippen molar-refractivity contribution in [2.24, 2.45) is 5.16 Å². The Balaban J connectivity index is 2.32. The van der Waals surface area contributed by atoms with Gasteiger partial charge in [-0.3, -0.25) is 4.79 Å². The first-order valence-electron chi connectivity index (χ1n) is 7.06. The summed E-state index contributed by atoms with van der Waals surface area (Å²) in [6.07, 6.45) is 0. The molecule has 0 spiro atoms. The van der Waals surface area contributed by atoms with Crippen molar-refractivity contribution >= 4 is 11.6 Å². The Bertz CT molecular complexity index is 743. The third kappa shape index (κ3) is 3.87. The lowest BCUT2D eigenvalue weighted by Crippen LogP contribution is -2.29. The summed E-state index contributed by atoms with van der Waals surface area (Å²) in [7, 11) is 2.78. The summed E-state index contributed by atoms with van der Waals surface area (Å²) in [5, 5.41) is 6.17. The standard InChI is InChI=1S/C17H16F2N2O3/c1-20-17(22)15(21-23-2)12-7-4-3-6-11(12)10-24-16-13(18)8-5-9-14(16)19/h3-9H,10H2,1-2H3,(H,20,22)/b21-15-. The molecule has 0 heterocycles. The first kappa shape index (κ1) is 17.4. The van der Waals surface area contributed by atoms with Crippen LogP contribution >= 0.6 is 0 Å². The molecule has 5 nitrogen and oxygen atoms in total. The predicted molar refractivity (Wildman–Crippen MR) is 84.7 cm³/mol. The first-order valence-corrected chi connectivity index (χ1v) is 7.06. The van der Waals surface area contributed by atoms with Crippen LogP contribution in [-0.4, -0.2) is 25.8 Å². The molecule has 2 aromatic carbocycles. The Kier molecular flexibility index (Phi) is 5.83. The summed E-state index contributed by atoms with van der Waals surface area (Å²) in [5.41, 5.74) is 1.00. The molecule has 0 aliphatic carbocycles. The molecule has 0 atom stereocenters. The van der Waals surface area contributed by atoms with E-state index < -0.39 is 23.3 Å². The molecule has 0 saturated heterocycles. The Morgan fingerprint density at radius 3 is 2.42 bits per heavy atom. The minimum Gasteiger partial charge on any atom is -0.483 e. The van der Waals surface area contributed by atoms with Crippen LogP contribution in [-0.2, 0) is 16.2 Å². The number of benzene rings is 2. The number of para-hydroxylation sites is 1. The van der Waals surface area contributed by atoms with Crippen molar-refractivity contribution in [3.05, 3.63) is 65.2 Å². The number of nitrogens with one attached hydrogen (secondary N) is 1. The number of nitrogens with zero attached hydrogens (tertiary/aromatic N) is 1. The number of hydrogen-bond donors (Lipinski definition) is 1. The van der Waals surface area contributed by atoms with Gasteiger partial charge in [0, 0.05) is 12.6 Å². The van der Waals surface area contributed by atoms with Crippen molar-refractivity contribution < 1.29 is 23.1 Å². The monoisotopic (exact) mass is 334 g/mol. The van der Waals surface area contributed by atoms with E-state index in [1.807, 2.05) is 0 Å². The van der Waals surface area contributed by atoms with Gasteiger partial charge in [-0.15, -0.1) is 0 Å². The van der Waals surface area contributed by atoms with E-state index in [0.717, 1.165) is 12.1 Å². The predicted octanol–water partition coefficient (Wildman–Crippen LogP) is 2.64. The SMILES string of the molecule is CNC(=O)/C(=N\OC)c1ccccc1COc1c(F)cccc1F. The molecular weight excluding hydrogens is 318 g/mol. The fourth-order valence-corrected chi connectivity index (χ4v) is 2.07. The number of likely N-dealkylation sites (N-methyl/N-ethyl adjacent to an activating group) is 1. The van der Waals surface area contributed by atoms with Gasteiger partial charge in [0.15, 0.2) is 23.1 Å². The zero-order chi connectivity index (χ0) is 17.5. The van der Waals surface area contributed by atoms with E-state index in [1.54, 1.807) is 24.3 Å². The Morgan fingerprint density at radius 1 is 1.12 bits per heavy atom. The molecule has 1 amide bonds. The summed E-state index contributed by atoms with van der Waals surface area (Å²) < 4.78 is 32.5. The third-order valence-electron chi connectivity index (χ3n) is 3.19. The highest BCUT2D eigenvalue weighted by Gasteiger charge is 2.18. The van der Waals surface area contributed by atoms with Gasteiger partial charge in [-0.05, 0) is 17.7 Å². The first-order chi connectivity index (χ1) is 11.6. The Hall–Kier alpha value is -2.96. The number of oxime groups is 1. The summed E-state index contributed by atoms with van der Waals surface area (Å²) in [5.74, 6) is -2.53. The van der Waals surface area contributed by atoms with Gasteiger partial charge in [0.1, 0.15) is 13.7 Å². The smallest absolute Gasteiger partial charge is 0.273 e. The van der Waals surface area contributed by atoms with E-state index in [4.69, 9.17) is 9.57 Å². The average molecular weight is 334 g/mol. The van der Waals surface area contributed by atoms with Crippen LogP contribution in [0.25, 0.3) is 0 Å². The summed E-state index contributed by atoms with van der Waals surface area (Å²) in [6, 6.07) is 10.2. The van der Waals surface area contributed by atoms with Crippen LogP contribution in [0.15, 0.2) is 47.6 Å². The number of carbonyl (C=O) groups excluding carboxylic acids is 1. The topological polar surface area (TPSA) is 59.9 Å². The van der Waals surface area contributed by atoms with Crippen LogP contribution in [0.3, 0.4) is 0 Å². The van der Waals surface area contributed by atoms with Gasteiger partial charge in [-0.1, -0.05) is 35.5 Å². The van der Waals surface area contributed by atoms with Gasteiger partial charge >= 0.3 is 0 Å². The molecular formula is C17H16F2N2O3. The van der Waals surface area contributed by atoms with Crippen LogP contribution in [0.2, 0.25) is 0 Å². The van der Waals surface area contributed by atoms with Gasteiger partial charge in [0.05, 0.1) is 0 Å². The lowest BCUT2D eigenvalue weighted by molar-refractivity contribution is -0.114. The largest absolute Gasteiger partial charge is 0.483 e. The number of amides is 1. The molecule has 0 aromatic heterocycles. The number of hydrogen-bond acceptors (Lipinski definition) is 4. The number of carbonyl (C=O) groups is 1.